The highest BCUT2D eigenvalue weighted by atomic mass is 19.1. The van der Waals surface area contributed by atoms with E-state index in [0.29, 0.717) is 26.1 Å². The number of hydrogen-bond donors (Lipinski definition) is 1. The van der Waals surface area contributed by atoms with Gasteiger partial charge in [-0.15, -0.1) is 0 Å². The summed E-state index contributed by atoms with van der Waals surface area (Å²) in [7, 11) is 1.39. The molecule has 2 aliphatic heterocycles. The van der Waals surface area contributed by atoms with Gasteiger partial charge in [0.25, 0.3) is 5.91 Å². The molecular formula is C17H23FN2O3. The fourth-order valence-electron chi connectivity index (χ4n) is 3.50. The molecule has 1 aromatic carbocycles. The maximum Gasteiger partial charge on any atom is 0.254 e. The third-order valence-electron chi connectivity index (χ3n) is 4.73. The van der Waals surface area contributed by atoms with Gasteiger partial charge in [-0.2, -0.15) is 0 Å². The molecule has 2 aliphatic rings. The third-order valence-corrected chi connectivity index (χ3v) is 4.73. The standard InChI is InChI=1S/C17H23FN2O3/c1-23-15-5-4-13(10-14(15)18)16(21)20-9-6-17(22,12-20)11-19-7-2-3-8-19/h4-5,10,22H,2-3,6-9,11-12H2,1H3/t17-/m1/s1. The summed E-state index contributed by atoms with van der Waals surface area (Å²) in [5, 5.41) is 10.7. The minimum absolute atomic E-state index is 0.119. The van der Waals surface area contributed by atoms with Crippen molar-refractivity contribution in [2.75, 3.05) is 39.8 Å². The Hall–Kier alpha value is -1.66. The Kier molecular flexibility index (Phi) is 4.55. The second-order valence-corrected chi connectivity index (χ2v) is 6.53. The number of carbonyl (C=O) groups excluding carboxylic acids is 1. The Morgan fingerprint density at radius 1 is 1.35 bits per heavy atom. The van der Waals surface area contributed by atoms with E-state index < -0.39 is 11.4 Å². The molecule has 1 aromatic rings. The van der Waals surface area contributed by atoms with E-state index in [0.717, 1.165) is 13.1 Å². The van der Waals surface area contributed by atoms with E-state index in [1.807, 2.05) is 0 Å². The molecule has 3 rings (SSSR count). The topological polar surface area (TPSA) is 53.0 Å². The molecule has 5 nitrogen and oxygen atoms in total. The van der Waals surface area contributed by atoms with Crippen molar-refractivity contribution in [1.82, 2.24) is 9.80 Å². The van der Waals surface area contributed by atoms with Crippen molar-refractivity contribution in [3.8, 4) is 5.75 Å². The van der Waals surface area contributed by atoms with Crippen LogP contribution in [-0.4, -0.2) is 66.2 Å². The number of carbonyl (C=O) groups is 1. The van der Waals surface area contributed by atoms with Crippen LogP contribution in [0.1, 0.15) is 29.6 Å². The minimum atomic E-state index is -0.856. The average Bonchev–Trinajstić information content (AvgIpc) is 3.16. The fraction of sp³-hybridized carbons (Fsp3) is 0.588. The Morgan fingerprint density at radius 2 is 2.09 bits per heavy atom. The Bertz CT molecular complexity index is 589. The maximum atomic E-state index is 13.8. The first-order chi connectivity index (χ1) is 11.0. The van der Waals surface area contributed by atoms with Crippen LogP contribution in [0.25, 0.3) is 0 Å². The number of amides is 1. The summed E-state index contributed by atoms with van der Waals surface area (Å²) < 4.78 is 18.6. The summed E-state index contributed by atoms with van der Waals surface area (Å²) in [5.74, 6) is -0.678. The molecular weight excluding hydrogens is 299 g/mol. The van der Waals surface area contributed by atoms with Crippen molar-refractivity contribution in [2.24, 2.45) is 0 Å². The van der Waals surface area contributed by atoms with E-state index in [4.69, 9.17) is 4.74 Å². The minimum Gasteiger partial charge on any atom is -0.494 e. The number of nitrogens with zero attached hydrogens (tertiary/aromatic N) is 2. The summed E-state index contributed by atoms with van der Waals surface area (Å²) in [5.41, 5.74) is -0.570. The molecule has 0 radical (unpaired) electrons. The highest BCUT2D eigenvalue weighted by Crippen LogP contribution is 2.26. The highest BCUT2D eigenvalue weighted by molar-refractivity contribution is 5.94. The second kappa shape index (κ2) is 6.45. The fourth-order valence-corrected chi connectivity index (χ4v) is 3.50. The van der Waals surface area contributed by atoms with E-state index in [9.17, 15) is 14.3 Å². The number of halogens is 1. The van der Waals surface area contributed by atoms with Crippen LogP contribution < -0.4 is 4.74 Å². The van der Waals surface area contributed by atoms with E-state index >= 15 is 0 Å². The number of benzene rings is 1. The summed E-state index contributed by atoms with van der Waals surface area (Å²) in [6.45, 7) is 3.43. The normalized spacial score (nSPS) is 25.1. The molecule has 2 heterocycles. The quantitative estimate of drug-likeness (QED) is 0.913. The smallest absolute Gasteiger partial charge is 0.254 e. The summed E-state index contributed by atoms with van der Waals surface area (Å²) in [4.78, 5) is 16.4. The number of rotatable bonds is 4. The molecule has 0 aromatic heterocycles. The van der Waals surface area contributed by atoms with Gasteiger partial charge in [-0.1, -0.05) is 0 Å². The van der Waals surface area contributed by atoms with Crippen LogP contribution in [0.15, 0.2) is 18.2 Å². The molecule has 1 N–H and O–H groups in total. The molecule has 2 fully saturated rings. The summed E-state index contributed by atoms with van der Waals surface area (Å²) in [6.07, 6.45) is 2.90. The van der Waals surface area contributed by atoms with Crippen molar-refractivity contribution in [2.45, 2.75) is 24.9 Å². The van der Waals surface area contributed by atoms with Crippen molar-refractivity contribution in [1.29, 1.82) is 0 Å². The van der Waals surface area contributed by atoms with Gasteiger partial charge in [0, 0.05) is 18.7 Å². The molecule has 0 saturated carbocycles. The van der Waals surface area contributed by atoms with E-state index in [1.165, 1.54) is 32.1 Å². The molecule has 2 saturated heterocycles. The van der Waals surface area contributed by atoms with Crippen LogP contribution in [0.2, 0.25) is 0 Å². The van der Waals surface area contributed by atoms with Gasteiger partial charge in [-0.25, -0.2) is 4.39 Å². The summed E-state index contributed by atoms with van der Waals surface area (Å²) in [6, 6.07) is 4.20. The molecule has 0 spiro atoms. The van der Waals surface area contributed by atoms with E-state index in [1.54, 1.807) is 11.0 Å². The van der Waals surface area contributed by atoms with Gasteiger partial charge >= 0.3 is 0 Å². The first kappa shape index (κ1) is 16.2. The Labute approximate surface area is 135 Å². The van der Waals surface area contributed by atoms with Crippen molar-refractivity contribution in [3.05, 3.63) is 29.6 Å². The lowest BCUT2D eigenvalue weighted by atomic mass is 10.0. The van der Waals surface area contributed by atoms with Crippen LogP contribution in [0.5, 0.6) is 5.75 Å². The molecule has 1 amide bonds. The molecule has 23 heavy (non-hydrogen) atoms. The zero-order valence-corrected chi connectivity index (χ0v) is 13.4. The van der Waals surface area contributed by atoms with E-state index in [2.05, 4.69) is 4.90 Å². The van der Waals surface area contributed by atoms with Crippen molar-refractivity contribution < 1.29 is 19.0 Å². The van der Waals surface area contributed by atoms with Gasteiger partial charge in [-0.3, -0.25) is 4.79 Å². The third kappa shape index (κ3) is 3.48. The number of likely N-dealkylation sites (tertiary alicyclic amines) is 2. The van der Waals surface area contributed by atoms with Crippen molar-refractivity contribution >= 4 is 5.91 Å². The zero-order chi connectivity index (χ0) is 16.4. The lowest BCUT2D eigenvalue weighted by Crippen LogP contribution is -2.45. The van der Waals surface area contributed by atoms with Crippen LogP contribution in [0, 0.1) is 5.82 Å². The van der Waals surface area contributed by atoms with Crippen LogP contribution in [0.4, 0.5) is 4.39 Å². The zero-order valence-electron chi connectivity index (χ0n) is 13.4. The van der Waals surface area contributed by atoms with Crippen LogP contribution >= 0.6 is 0 Å². The van der Waals surface area contributed by atoms with Crippen molar-refractivity contribution in [3.63, 3.8) is 0 Å². The lowest BCUT2D eigenvalue weighted by Gasteiger charge is -2.28. The molecule has 126 valence electrons. The van der Waals surface area contributed by atoms with Gasteiger partial charge in [0.1, 0.15) is 0 Å². The molecule has 1 atom stereocenters. The van der Waals surface area contributed by atoms with Gasteiger partial charge in [0.05, 0.1) is 19.3 Å². The predicted octanol–water partition coefficient (Wildman–Crippen LogP) is 1.51. The number of β-amino-alcohol motifs (C(OH)–C–C–N with tert-alkyl or cyclic N) is 1. The lowest BCUT2D eigenvalue weighted by molar-refractivity contribution is 0.0175. The first-order valence-electron chi connectivity index (χ1n) is 8.08. The number of aliphatic hydroxyl groups is 1. The molecule has 0 aliphatic carbocycles. The SMILES string of the molecule is COc1ccc(C(=O)N2CC[C@@](O)(CN3CCCC3)C2)cc1F. The van der Waals surface area contributed by atoms with Gasteiger partial charge < -0.3 is 19.6 Å². The monoisotopic (exact) mass is 322 g/mol. The van der Waals surface area contributed by atoms with Crippen LogP contribution in [-0.2, 0) is 0 Å². The number of hydrogen-bond acceptors (Lipinski definition) is 4. The summed E-state index contributed by atoms with van der Waals surface area (Å²) >= 11 is 0. The Balaban J connectivity index is 1.65. The number of ether oxygens (including phenoxy) is 1. The van der Waals surface area contributed by atoms with Crippen LogP contribution in [0.3, 0.4) is 0 Å². The highest BCUT2D eigenvalue weighted by Gasteiger charge is 2.40. The second-order valence-electron chi connectivity index (χ2n) is 6.53. The average molecular weight is 322 g/mol. The molecule has 0 unspecified atom stereocenters. The van der Waals surface area contributed by atoms with Gasteiger partial charge in [0.15, 0.2) is 11.6 Å². The number of methoxy groups -OCH3 is 1. The Morgan fingerprint density at radius 3 is 2.74 bits per heavy atom. The first-order valence-corrected chi connectivity index (χ1v) is 8.08. The maximum absolute atomic E-state index is 13.8. The largest absolute Gasteiger partial charge is 0.494 e. The molecule has 6 heteroatoms. The van der Waals surface area contributed by atoms with Gasteiger partial charge in [0.2, 0.25) is 0 Å². The molecule has 0 bridgehead atoms. The predicted molar refractivity (Wildman–Crippen MR) is 84.1 cm³/mol. The van der Waals surface area contributed by atoms with Gasteiger partial charge in [-0.05, 0) is 50.6 Å². The van der Waals surface area contributed by atoms with E-state index in [-0.39, 0.29) is 17.2 Å².